The second-order valence-electron chi connectivity index (χ2n) is 12.6. The van der Waals surface area contributed by atoms with Crippen LogP contribution in [0.5, 0.6) is 11.5 Å². The van der Waals surface area contributed by atoms with Gasteiger partial charge in [0.1, 0.15) is 50.6 Å². The third-order valence-electron chi connectivity index (χ3n) is 8.38. The molecule has 0 spiro atoms. The highest BCUT2D eigenvalue weighted by atomic mass is 16.6. The molecule has 0 N–H and O–H groups in total. The molecule has 0 aliphatic carbocycles. The van der Waals surface area contributed by atoms with Gasteiger partial charge in [0.25, 0.3) is 0 Å². The molecule has 2 aromatic carbocycles. The Morgan fingerprint density at radius 1 is 0.569 bits per heavy atom. The third-order valence-corrected chi connectivity index (χ3v) is 8.38. The molecule has 16 heteroatoms. The summed E-state index contributed by atoms with van der Waals surface area (Å²) in [4.78, 5) is 56.0. The smallest absolute Gasteiger partial charge is 0.344 e. The van der Waals surface area contributed by atoms with Crippen molar-refractivity contribution in [2.75, 3.05) is 94.8 Å². The Balaban J connectivity index is 1.25. The minimum absolute atomic E-state index is 0.0669. The van der Waals surface area contributed by atoms with E-state index >= 15 is 0 Å². The number of hydrogen-bond acceptors (Lipinski definition) is 12. The molecule has 0 unspecified atom stereocenters. The summed E-state index contributed by atoms with van der Waals surface area (Å²) in [5.74, 6) is -0.116. The first-order valence-electron chi connectivity index (χ1n) is 16.4. The SMILES string of the molecule is COCN1CC(OC(=O)COc2ccc(C(C)(C)c3ccc(OCC(=O)OC4CN(COC)C(=O)N(COC)C4)cc3)cc2)CN(COC)C1=O. The van der Waals surface area contributed by atoms with Crippen molar-refractivity contribution in [1.29, 1.82) is 0 Å². The van der Waals surface area contributed by atoms with Crippen LogP contribution >= 0.6 is 0 Å². The van der Waals surface area contributed by atoms with Crippen LogP contribution in [0.3, 0.4) is 0 Å². The Labute approximate surface area is 297 Å². The number of benzene rings is 2. The van der Waals surface area contributed by atoms with Gasteiger partial charge in [0, 0.05) is 33.9 Å². The number of amides is 4. The third kappa shape index (κ3) is 10.7. The Morgan fingerprint density at radius 3 is 1.14 bits per heavy atom. The molecule has 2 aliphatic rings. The van der Waals surface area contributed by atoms with E-state index in [0.717, 1.165) is 11.1 Å². The van der Waals surface area contributed by atoms with Gasteiger partial charge in [-0.2, -0.15) is 0 Å². The number of rotatable bonds is 18. The average Bonchev–Trinajstić information content (AvgIpc) is 3.11. The first kappa shape index (κ1) is 39.2. The Kier molecular flexibility index (Phi) is 14.2. The fourth-order valence-electron chi connectivity index (χ4n) is 5.84. The molecule has 51 heavy (non-hydrogen) atoms. The number of hydrogen-bond donors (Lipinski definition) is 0. The summed E-state index contributed by atoms with van der Waals surface area (Å²) >= 11 is 0. The maximum atomic E-state index is 12.6. The van der Waals surface area contributed by atoms with Crippen LogP contribution in [-0.4, -0.2) is 151 Å². The normalized spacial score (nSPS) is 16.0. The van der Waals surface area contributed by atoms with Gasteiger partial charge < -0.3 is 37.9 Å². The standard InChI is InChI=1S/C35H48N4O12/c1-35(2,25-7-11-27(12-8-25)48-19-31(40)50-29-15-36(21-44-3)33(42)37(16-29)22-45-4)26-9-13-28(14-10-26)49-20-32(41)51-30-17-38(23-46-5)34(43)39(18-30)24-47-6/h7-14,29-30H,15-24H2,1-6H3. The zero-order valence-electron chi connectivity index (χ0n) is 30.0. The minimum atomic E-state index is -0.562. The molecule has 2 aliphatic heterocycles. The molecule has 0 aromatic heterocycles. The maximum Gasteiger partial charge on any atom is 0.344 e. The molecular formula is C35H48N4O12. The van der Waals surface area contributed by atoms with Crippen LogP contribution in [-0.2, 0) is 43.4 Å². The Morgan fingerprint density at radius 2 is 0.863 bits per heavy atom. The van der Waals surface area contributed by atoms with Gasteiger partial charge in [-0.05, 0) is 35.4 Å². The molecule has 0 radical (unpaired) electrons. The lowest BCUT2D eigenvalue weighted by Gasteiger charge is -2.38. The van der Waals surface area contributed by atoms with Crippen molar-refractivity contribution in [2.45, 2.75) is 31.5 Å². The van der Waals surface area contributed by atoms with E-state index in [1.165, 1.54) is 48.0 Å². The first-order chi connectivity index (χ1) is 24.5. The fourth-order valence-corrected chi connectivity index (χ4v) is 5.84. The van der Waals surface area contributed by atoms with Gasteiger partial charge in [-0.25, -0.2) is 19.2 Å². The fraction of sp³-hybridized carbons (Fsp3) is 0.543. The zero-order valence-corrected chi connectivity index (χ0v) is 30.0. The highest BCUT2D eigenvalue weighted by Crippen LogP contribution is 2.33. The van der Waals surface area contributed by atoms with Crippen molar-refractivity contribution in [3.63, 3.8) is 0 Å². The lowest BCUT2D eigenvalue weighted by atomic mass is 9.78. The van der Waals surface area contributed by atoms with E-state index in [0.29, 0.717) is 11.5 Å². The molecule has 2 fully saturated rings. The van der Waals surface area contributed by atoms with Crippen molar-refractivity contribution in [1.82, 2.24) is 19.6 Å². The number of nitrogens with zero attached hydrogens (tertiary/aromatic N) is 4. The second-order valence-corrected chi connectivity index (χ2v) is 12.6. The minimum Gasteiger partial charge on any atom is -0.482 e. The number of carbonyl (C=O) groups is 4. The summed E-state index contributed by atoms with van der Waals surface area (Å²) < 4.78 is 42.9. The van der Waals surface area contributed by atoms with Crippen LogP contribution in [0, 0.1) is 0 Å². The molecule has 0 bridgehead atoms. The summed E-state index contributed by atoms with van der Waals surface area (Å²) in [5, 5.41) is 0. The summed E-state index contributed by atoms with van der Waals surface area (Å²) in [5.41, 5.74) is 1.62. The molecule has 16 nitrogen and oxygen atoms in total. The molecule has 4 amide bonds. The monoisotopic (exact) mass is 716 g/mol. The predicted octanol–water partition coefficient (Wildman–Crippen LogP) is 2.48. The average molecular weight is 717 g/mol. The zero-order chi connectivity index (χ0) is 37.0. The van der Waals surface area contributed by atoms with Crippen molar-refractivity contribution in [3.8, 4) is 11.5 Å². The highest BCUT2D eigenvalue weighted by molar-refractivity contribution is 5.76. The summed E-state index contributed by atoms with van der Waals surface area (Å²) in [6, 6.07) is 14.4. The van der Waals surface area contributed by atoms with E-state index in [-0.39, 0.29) is 78.4 Å². The Hall–Kier alpha value is -4.64. The number of esters is 2. The van der Waals surface area contributed by atoms with E-state index < -0.39 is 29.6 Å². The molecule has 4 rings (SSSR count). The van der Waals surface area contributed by atoms with Crippen LogP contribution < -0.4 is 9.47 Å². The number of urea groups is 2. The number of ether oxygens (including phenoxy) is 8. The van der Waals surface area contributed by atoms with Crippen molar-refractivity contribution >= 4 is 24.0 Å². The first-order valence-corrected chi connectivity index (χ1v) is 16.4. The van der Waals surface area contributed by atoms with Crippen LogP contribution in [0.2, 0.25) is 0 Å². The van der Waals surface area contributed by atoms with E-state index in [1.54, 1.807) is 24.3 Å². The summed E-state index contributed by atoms with van der Waals surface area (Å²) in [7, 11) is 5.94. The molecule has 2 aromatic rings. The lowest BCUT2D eigenvalue weighted by Crippen LogP contribution is -2.57. The predicted molar refractivity (Wildman–Crippen MR) is 181 cm³/mol. The van der Waals surface area contributed by atoms with Crippen LogP contribution in [0.4, 0.5) is 9.59 Å². The van der Waals surface area contributed by atoms with Crippen LogP contribution in [0.1, 0.15) is 25.0 Å². The molecule has 0 atom stereocenters. The van der Waals surface area contributed by atoms with Gasteiger partial charge in [0.05, 0.1) is 26.2 Å². The van der Waals surface area contributed by atoms with Crippen molar-refractivity contribution in [2.24, 2.45) is 0 Å². The van der Waals surface area contributed by atoms with E-state index in [4.69, 9.17) is 37.9 Å². The van der Waals surface area contributed by atoms with E-state index in [9.17, 15) is 19.2 Å². The lowest BCUT2D eigenvalue weighted by molar-refractivity contribution is -0.156. The second kappa shape index (κ2) is 18.6. The van der Waals surface area contributed by atoms with Gasteiger partial charge in [-0.15, -0.1) is 0 Å². The molecule has 2 heterocycles. The topological polar surface area (TPSA) is 155 Å². The molecule has 280 valence electrons. The Bertz CT molecular complexity index is 1310. The molecule has 0 saturated carbocycles. The van der Waals surface area contributed by atoms with Gasteiger partial charge in [-0.1, -0.05) is 38.1 Å². The highest BCUT2D eigenvalue weighted by Gasteiger charge is 2.35. The van der Waals surface area contributed by atoms with E-state index in [1.807, 2.05) is 24.3 Å². The quantitative estimate of drug-likeness (QED) is 0.208. The molecule has 2 saturated heterocycles. The number of carbonyl (C=O) groups excluding carboxylic acids is 4. The largest absolute Gasteiger partial charge is 0.482 e. The van der Waals surface area contributed by atoms with Crippen LogP contribution in [0.15, 0.2) is 48.5 Å². The number of methoxy groups -OCH3 is 4. The van der Waals surface area contributed by atoms with Gasteiger partial charge >= 0.3 is 24.0 Å². The molecular weight excluding hydrogens is 668 g/mol. The van der Waals surface area contributed by atoms with Crippen molar-refractivity contribution in [3.05, 3.63) is 59.7 Å². The van der Waals surface area contributed by atoms with Gasteiger partial charge in [-0.3, -0.25) is 19.6 Å². The van der Waals surface area contributed by atoms with E-state index in [2.05, 4.69) is 13.8 Å². The van der Waals surface area contributed by atoms with Gasteiger partial charge in [0.2, 0.25) is 0 Å². The van der Waals surface area contributed by atoms with Gasteiger partial charge in [0.15, 0.2) is 13.2 Å². The maximum absolute atomic E-state index is 12.6. The van der Waals surface area contributed by atoms with Crippen LogP contribution in [0.25, 0.3) is 0 Å². The summed E-state index contributed by atoms with van der Waals surface area (Å²) in [6.45, 7) is 4.65. The summed E-state index contributed by atoms with van der Waals surface area (Å²) in [6.07, 6.45) is -1.12. The van der Waals surface area contributed by atoms with Crippen molar-refractivity contribution < 1.29 is 57.1 Å².